The molecule has 0 radical (unpaired) electrons. The van der Waals surface area contributed by atoms with Crippen molar-refractivity contribution >= 4 is 11.3 Å². The molecule has 2 aliphatic carbocycles. The molecule has 2 fully saturated rings. The SMILES string of the molecule is NCC1(c2nc(C3CCCC3)cs2)CCC1. The first-order valence-electron chi connectivity index (χ1n) is 6.50. The van der Waals surface area contributed by atoms with Crippen molar-refractivity contribution in [1.29, 1.82) is 0 Å². The lowest BCUT2D eigenvalue weighted by Gasteiger charge is -2.39. The minimum atomic E-state index is 0.265. The highest BCUT2D eigenvalue weighted by atomic mass is 32.1. The van der Waals surface area contributed by atoms with Crippen LogP contribution in [0.5, 0.6) is 0 Å². The molecule has 2 aliphatic rings. The molecule has 0 aliphatic heterocycles. The van der Waals surface area contributed by atoms with Crippen molar-refractivity contribution in [3.63, 3.8) is 0 Å². The van der Waals surface area contributed by atoms with Crippen LogP contribution in [0, 0.1) is 0 Å². The average Bonchev–Trinajstić information content (AvgIpc) is 2.86. The average molecular weight is 236 g/mol. The van der Waals surface area contributed by atoms with E-state index >= 15 is 0 Å². The summed E-state index contributed by atoms with van der Waals surface area (Å²) in [7, 11) is 0. The third-order valence-corrected chi connectivity index (χ3v) is 5.56. The van der Waals surface area contributed by atoms with Gasteiger partial charge in [-0.2, -0.15) is 0 Å². The Hall–Kier alpha value is -0.410. The number of hydrogen-bond acceptors (Lipinski definition) is 3. The van der Waals surface area contributed by atoms with E-state index in [1.807, 2.05) is 11.3 Å². The van der Waals surface area contributed by atoms with Gasteiger partial charge in [0.15, 0.2) is 0 Å². The van der Waals surface area contributed by atoms with Gasteiger partial charge in [-0.1, -0.05) is 19.3 Å². The zero-order chi connectivity index (χ0) is 11.0. The van der Waals surface area contributed by atoms with Gasteiger partial charge in [0.1, 0.15) is 5.01 Å². The van der Waals surface area contributed by atoms with Crippen molar-refractivity contribution < 1.29 is 0 Å². The molecule has 1 aromatic rings. The summed E-state index contributed by atoms with van der Waals surface area (Å²) in [6, 6.07) is 0. The predicted octanol–water partition coefficient (Wildman–Crippen LogP) is 3.18. The molecule has 0 saturated heterocycles. The fraction of sp³-hybridized carbons (Fsp3) is 0.769. The molecule has 16 heavy (non-hydrogen) atoms. The number of thiazole rings is 1. The molecule has 1 heterocycles. The van der Waals surface area contributed by atoms with Crippen molar-refractivity contribution in [1.82, 2.24) is 4.98 Å². The maximum Gasteiger partial charge on any atom is 0.100 e. The number of hydrogen-bond donors (Lipinski definition) is 1. The van der Waals surface area contributed by atoms with Crippen molar-refractivity contribution in [2.24, 2.45) is 5.73 Å². The number of aromatic nitrogens is 1. The van der Waals surface area contributed by atoms with Gasteiger partial charge in [0.25, 0.3) is 0 Å². The summed E-state index contributed by atoms with van der Waals surface area (Å²) in [6.45, 7) is 0.782. The van der Waals surface area contributed by atoms with Crippen LogP contribution in [0.2, 0.25) is 0 Å². The molecular formula is C13H20N2S. The maximum atomic E-state index is 5.93. The summed E-state index contributed by atoms with van der Waals surface area (Å²) >= 11 is 1.85. The molecule has 3 heteroatoms. The van der Waals surface area contributed by atoms with Crippen molar-refractivity contribution in [3.05, 3.63) is 16.1 Å². The molecule has 2 nitrogen and oxygen atoms in total. The van der Waals surface area contributed by atoms with E-state index in [9.17, 15) is 0 Å². The van der Waals surface area contributed by atoms with Crippen LogP contribution in [-0.4, -0.2) is 11.5 Å². The lowest BCUT2D eigenvalue weighted by molar-refractivity contribution is 0.251. The van der Waals surface area contributed by atoms with E-state index in [-0.39, 0.29) is 5.41 Å². The summed E-state index contributed by atoms with van der Waals surface area (Å²) < 4.78 is 0. The Bertz CT molecular complexity index is 356. The van der Waals surface area contributed by atoms with Crippen LogP contribution in [0.25, 0.3) is 0 Å². The van der Waals surface area contributed by atoms with Gasteiger partial charge in [-0.15, -0.1) is 11.3 Å². The van der Waals surface area contributed by atoms with Crippen LogP contribution in [-0.2, 0) is 5.41 Å². The first-order valence-corrected chi connectivity index (χ1v) is 7.38. The number of nitrogens with zero attached hydrogens (tertiary/aromatic N) is 1. The van der Waals surface area contributed by atoms with E-state index in [0.717, 1.165) is 12.5 Å². The fourth-order valence-electron chi connectivity index (χ4n) is 3.05. The largest absolute Gasteiger partial charge is 0.329 e. The van der Waals surface area contributed by atoms with Gasteiger partial charge in [-0.3, -0.25) is 0 Å². The highest BCUT2D eigenvalue weighted by molar-refractivity contribution is 7.09. The Morgan fingerprint density at radius 2 is 2.06 bits per heavy atom. The maximum absolute atomic E-state index is 5.93. The lowest BCUT2D eigenvalue weighted by atomic mass is 9.69. The van der Waals surface area contributed by atoms with Gasteiger partial charge in [0.2, 0.25) is 0 Å². The highest BCUT2D eigenvalue weighted by Crippen LogP contribution is 2.45. The Morgan fingerprint density at radius 3 is 2.62 bits per heavy atom. The van der Waals surface area contributed by atoms with Crippen LogP contribution < -0.4 is 5.73 Å². The predicted molar refractivity (Wildman–Crippen MR) is 67.9 cm³/mol. The molecule has 1 aromatic heterocycles. The number of rotatable bonds is 3. The Labute approximate surface area is 101 Å². The monoisotopic (exact) mass is 236 g/mol. The van der Waals surface area contributed by atoms with E-state index in [0.29, 0.717) is 0 Å². The fourth-order valence-corrected chi connectivity index (χ4v) is 4.22. The van der Waals surface area contributed by atoms with Crippen molar-refractivity contribution in [2.75, 3.05) is 6.54 Å². The van der Waals surface area contributed by atoms with Gasteiger partial charge >= 0.3 is 0 Å². The molecule has 0 unspecified atom stereocenters. The Kier molecular flexibility index (Phi) is 2.76. The third-order valence-electron chi connectivity index (χ3n) is 4.45. The Balaban J connectivity index is 1.81. The van der Waals surface area contributed by atoms with Gasteiger partial charge < -0.3 is 5.73 Å². The first-order chi connectivity index (χ1) is 7.84. The molecule has 0 amide bonds. The van der Waals surface area contributed by atoms with E-state index in [1.54, 1.807) is 0 Å². The van der Waals surface area contributed by atoms with Gasteiger partial charge in [0.05, 0.1) is 5.69 Å². The van der Waals surface area contributed by atoms with E-state index < -0.39 is 0 Å². The second-order valence-electron chi connectivity index (χ2n) is 5.40. The summed E-state index contributed by atoms with van der Waals surface area (Å²) in [6.07, 6.45) is 9.30. The molecule has 2 saturated carbocycles. The van der Waals surface area contributed by atoms with Gasteiger partial charge in [0, 0.05) is 23.3 Å². The topological polar surface area (TPSA) is 38.9 Å². The van der Waals surface area contributed by atoms with Crippen LogP contribution in [0.4, 0.5) is 0 Å². The van der Waals surface area contributed by atoms with E-state index in [1.165, 1.54) is 55.6 Å². The van der Waals surface area contributed by atoms with Gasteiger partial charge in [-0.25, -0.2) is 4.98 Å². The standard InChI is InChI=1S/C13H20N2S/c14-9-13(6-3-7-13)12-15-11(8-16-12)10-4-1-2-5-10/h8,10H,1-7,9,14H2. The molecule has 88 valence electrons. The smallest absolute Gasteiger partial charge is 0.100 e. The normalized spacial score (nSPS) is 24.6. The lowest BCUT2D eigenvalue weighted by Crippen LogP contribution is -2.41. The second-order valence-corrected chi connectivity index (χ2v) is 6.26. The first kappa shape index (κ1) is 10.7. The van der Waals surface area contributed by atoms with E-state index in [2.05, 4.69) is 5.38 Å². The van der Waals surface area contributed by atoms with Crippen LogP contribution in [0.1, 0.15) is 61.6 Å². The summed E-state index contributed by atoms with van der Waals surface area (Å²) in [5.74, 6) is 0.750. The van der Waals surface area contributed by atoms with Crippen LogP contribution >= 0.6 is 11.3 Å². The minimum Gasteiger partial charge on any atom is -0.329 e. The zero-order valence-electron chi connectivity index (χ0n) is 9.74. The van der Waals surface area contributed by atoms with Crippen LogP contribution in [0.15, 0.2) is 5.38 Å². The van der Waals surface area contributed by atoms with E-state index in [4.69, 9.17) is 10.7 Å². The molecule has 2 N–H and O–H groups in total. The van der Waals surface area contributed by atoms with Crippen LogP contribution in [0.3, 0.4) is 0 Å². The molecule has 0 aromatic carbocycles. The quantitative estimate of drug-likeness (QED) is 0.875. The molecule has 0 bridgehead atoms. The highest BCUT2D eigenvalue weighted by Gasteiger charge is 2.40. The molecule has 0 spiro atoms. The Morgan fingerprint density at radius 1 is 1.31 bits per heavy atom. The summed E-state index contributed by atoms with van der Waals surface area (Å²) in [5, 5.41) is 3.62. The molecule has 0 atom stereocenters. The number of nitrogens with two attached hydrogens (primary N) is 1. The minimum absolute atomic E-state index is 0.265. The van der Waals surface area contributed by atoms with Crippen molar-refractivity contribution in [3.8, 4) is 0 Å². The van der Waals surface area contributed by atoms with Gasteiger partial charge in [-0.05, 0) is 25.7 Å². The summed E-state index contributed by atoms with van der Waals surface area (Å²) in [5.41, 5.74) is 7.55. The third kappa shape index (κ3) is 1.61. The zero-order valence-corrected chi connectivity index (χ0v) is 10.6. The summed E-state index contributed by atoms with van der Waals surface area (Å²) in [4.78, 5) is 4.90. The second kappa shape index (κ2) is 4.11. The molecular weight excluding hydrogens is 216 g/mol. The molecule has 3 rings (SSSR count). The van der Waals surface area contributed by atoms with Crippen molar-refractivity contribution in [2.45, 2.75) is 56.3 Å².